The van der Waals surface area contributed by atoms with Crippen LogP contribution >= 0.6 is 0 Å². The number of esters is 2. The van der Waals surface area contributed by atoms with Gasteiger partial charge in [-0.15, -0.1) is 0 Å². The van der Waals surface area contributed by atoms with E-state index in [-0.39, 0.29) is 27.6 Å². The summed E-state index contributed by atoms with van der Waals surface area (Å²) in [6.07, 6.45) is 2.62. The molecule has 4 rings (SSSR count). The lowest BCUT2D eigenvalue weighted by Crippen LogP contribution is -2.14. The summed E-state index contributed by atoms with van der Waals surface area (Å²) in [7, 11) is -2.13. The minimum absolute atomic E-state index is 0.125. The van der Waals surface area contributed by atoms with E-state index in [1.807, 2.05) is 0 Å². The maximum absolute atomic E-state index is 13.4. The molecule has 0 unspecified atom stereocenters. The van der Waals surface area contributed by atoms with Gasteiger partial charge in [-0.2, -0.15) is 5.10 Å². The molecule has 38 heavy (non-hydrogen) atoms. The van der Waals surface area contributed by atoms with Crippen molar-refractivity contribution >= 4 is 33.4 Å². The molecule has 0 fully saturated rings. The molecule has 1 aromatic heterocycles. The van der Waals surface area contributed by atoms with Crippen LogP contribution in [0.3, 0.4) is 0 Å². The monoisotopic (exact) mass is 533 g/mol. The van der Waals surface area contributed by atoms with Crippen molar-refractivity contribution in [3.8, 4) is 22.7 Å². The van der Waals surface area contributed by atoms with E-state index in [2.05, 4.69) is 10.4 Å². The standard InChI is InChI=1S/C27H23N3O7S/c1-17(31)37-24-7-5-4-6-23(24)28-26(32)22-16-30(20-12-8-19(9-13-20)27(33)36-2)29-25(22)18-10-14-21(15-11-18)38(3,34)35/h4-16H,1-3H3,(H,28,32). The number of benzene rings is 3. The third-order valence-electron chi connectivity index (χ3n) is 5.46. The Balaban J connectivity index is 1.77. The summed E-state index contributed by atoms with van der Waals surface area (Å²) in [6, 6.07) is 18.9. The SMILES string of the molecule is COC(=O)c1ccc(-n2cc(C(=O)Nc3ccccc3OC(C)=O)c(-c3ccc(S(C)(=O)=O)cc3)n2)cc1. The fourth-order valence-corrected chi connectivity index (χ4v) is 4.25. The van der Waals surface area contributed by atoms with E-state index in [1.165, 1.54) is 37.0 Å². The second kappa shape index (κ2) is 10.7. The number of carbonyl (C=O) groups excluding carboxylic acids is 3. The molecule has 0 saturated heterocycles. The van der Waals surface area contributed by atoms with Gasteiger partial charge in [-0.3, -0.25) is 9.59 Å². The summed E-state index contributed by atoms with van der Waals surface area (Å²) >= 11 is 0. The average Bonchev–Trinajstić information content (AvgIpc) is 3.34. The minimum Gasteiger partial charge on any atom is -0.465 e. The van der Waals surface area contributed by atoms with Crippen LogP contribution in [0.15, 0.2) is 83.9 Å². The van der Waals surface area contributed by atoms with Gasteiger partial charge in [-0.1, -0.05) is 24.3 Å². The van der Waals surface area contributed by atoms with E-state index in [9.17, 15) is 22.8 Å². The van der Waals surface area contributed by atoms with E-state index in [0.29, 0.717) is 16.8 Å². The summed E-state index contributed by atoms with van der Waals surface area (Å²) in [4.78, 5) is 36.8. The fraction of sp³-hybridized carbons (Fsp3) is 0.111. The highest BCUT2D eigenvalue weighted by molar-refractivity contribution is 7.90. The van der Waals surface area contributed by atoms with Gasteiger partial charge in [0, 0.05) is 24.9 Å². The smallest absolute Gasteiger partial charge is 0.337 e. The van der Waals surface area contributed by atoms with Crippen LogP contribution < -0.4 is 10.1 Å². The van der Waals surface area contributed by atoms with Gasteiger partial charge in [0.2, 0.25) is 0 Å². The minimum atomic E-state index is -3.42. The van der Waals surface area contributed by atoms with Crippen LogP contribution in [0.1, 0.15) is 27.6 Å². The number of ether oxygens (including phenoxy) is 2. The zero-order chi connectivity index (χ0) is 27.4. The summed E-state index contributed by atoms with van der Waals surface area (Å²) in [5.74, 6) is -1.39. The van der Waals surface area contributed by atoms with Gasteiger partial charge in [0.1, 0.15) is 5.69 Å². The van der Waals surface area contributed by atoms with Crippen molar-refractivity contribution in [2.24, 2.45) is 0 Å². The molecule has 1 N–H and O–H groups in total. The van der Waals surface area contributed by atoms with Gasteiger partial charge in [-0.25, -0.2) is 17.9 Å². The summed E-state index contributed by atoms with van der Waals surface area (Å²) in [5, 5.41) is 7.32. The number of methoxy groups -OCH3 is 1. The van der Waals surface area contributed by atoms with E-state index in [0.717, 1.165) is 6.26 Å². The number of sulfone groups is 1. The van der Waals surface area contributed by atoms with E-state index < -0.39 is 27.7 Å². The third-order valence-corrected chi connectivity index (χ3v) is 6.59. The number of nitrogens with zero attached hydrogens (tertiary/aromatic N) is 2. The van der Waals surface area contributed by atoms with Crippen LogP contribution in [0.25, 0.3) is 16.9 Å². The van der Waals surface area contributed by atoms with Crippen LogP contribution in [0, 0.1) is 0 Å². The van der Waals surface area contributed by atoms with Gasteiger partial charge in [0.15, 0.2) is 15.6 Å². The van der Waals surface area contributed by atoms with Crippen LogP contribution in [0.2, 0.25) is 0 Å². The Morgan fingerprint density at radius 1 is 0.921 bits per heavy atom. The lowest BCUT2D eigenvalue weighted by Gasteiger charge is -2.10. The lowest BCUT2D eigenvalue weighted by atomic mass is 10.1. The second-order valence-corrected chi connectivity index (χ2v) is 10.2. The number of anilines is 1. The Hall–Kier alpha value is -4.77. The highest BCUT2D eigenvalue weighted by atomic mass is 32.2. The Bertz CT molecular complexity index is 1620. The molecule has 3 aromatic carbocycles. The predicted octanol–water partition coefficient (Wildman–Crippen LogP) is 3.91. The molecular formula is C27H23N3O7S. The normalized spacial score (nSPS) is 11.0. The fourth-order valence-electron chi connectivity index (χ4n) is 3.62. The highest BCUT2D eigenvalue weighted by Gasteiger charge is 2.21. The van der Waals surface area contributed by atoms with Crippen LogP contribution in [0.4, 0.5) is 5.69 Å². The number of para-hydroxylation sites is 2. The van der Waals surface area contributed by atoms with Gasteiger partial charge >= 0.3 is 11.9 Å². The van der Waals surface area contributed by atoms with Crippen molar-refractivity contribution in [3.63, 3.8) is 0 Å². The van der Waals surface area contributed by atoms with Crippen LogP contribution in [-0.4, -0.2) is 49.4 Å². The van der Waals surface area contributed by atoms with Gasteiger partial charge in [-0.05, 0) is 48.5 Å². The van der Waals surface area contributed by atoms with Crippen molar-refractivity contribution in [2.45, 2.75) is 11.8 Å². The molecule has 1 amide bonds. The molecule has 0 aliphatic heterocycles. The van der Waals surface area contributed by atoms with Crippen molar-refractivity contribution in [3.05, 3.63) is 90.1 Å². The number of nitrogens with one attached hydrogen (secondary N) is 1. The van der Waals surface area contributed by atoms with Gasteiger partial charge in [0.25, 0.3) is 5.91 Å². The number of rotatable bonds is 7. The first kappa shape index (κ1) is 26.3. The molecule has 1 heterocycles. The lowest BCUT2D eigenvalue weighted by molar-refractivity contribution is -0.131. The first-order valence-electron chi connectivity index (χ1n) is 11.2. The maximum atomic E-state index is 13.4. The zero-order valence-corrected chi connectivity index (χ0v) is 21.5. The zero-order valence-electron chi connectivity index (χ0n) is 20.7. The Kier molecular flexibility index (Phi) is 7.40. The third kappa shape index (κ3) is 5.79. The molecule has 0 spiro atoms. The van der Waals surface area contributed by atoms with Gasteiger partial charge in [0.05, 0.1) is 34.5 Å². The molecule has 0 atom stereocenters. The van der Waals surface area contributed by atoms with E-state index in [4.69, 9.17) is 9.47 Å². The summed E-state index contributed by atoms with van der Waals surface area (Å²) in [5.41, 5.74) is 2.14. The first-order chi connectivity index (χ1) is 18.1. The molecular weight excluding hydrogens is 510 g/mol. The summed E-state index contributed by atoms with van der Waals surface area (Å²) in [6.45, 7) is 1.26. The van der Waals surface area contributed by atoms with Crippen molar-refractivity contribution in [1.82, 2.24) is 9.78 Å². The quantitative estimate of drug-likeness (QED) is 0.279. The predicted molar refractivity (Wildman–Crippen MR) is 139 cm³/mol. The van der Waals surface area contributed by atoms with Crippen molar-refractivity contribution in [1.29, 1.82) is 0 Å². The number of hydrogen-bond donors (Lipinski definition) is 1. The molecule has 194 valence electrons. The molecule has 10 nitrogen and oxygen atoms in total. The first-order valence-corrected chi connectivity index (χ1v) is 13.1. The summed E-state index contributed by atoms with van der Waals surface area (Å²) < 4.78 is 35.2. The number of aromatic nitrogens is 2. The van der Waals surface area contributed by atoms with E-state index >= 15 is 0 Å². The van der Waals surface area contributed by atoms with Gasteiger partial charge < -0.3 is 14.8 Å². The molecule has 0 aliphatic rings. The number of carbonyl (C=O) groups is 3. The number of hydrogen-bond acceptors (Lipinski definition) is 8. The molecule has 0 aliphatic carbocycles. The average molecular weight is 534 g/mol. The second-order valence-electron chi connectivity index (χ2n) is 8.21. The molecule has 0 radical (unpaired) electrons. The van der Waals surface area contributed by atoms with Crippen molar-refractivity contribution < 1.29 is 32.3 Å². The maximum Gasteiger partial charge on any atom is 0.337 e. The molecule has 0 bridgehead atoms. The molecule has 4 aromatic rings. The van der Waals surface area contributed by atoms with Crippen LogP contribution in [0.5, 0.6) is 5.75 Å². The van der Waals surface area contributed by atoms with Crippen molar-refractivity contribution in [2.75, 3.05) is 18.7 Å². The molecule has 11 heteroatoms. The van der Waals surface area contributed by atoms with Crippen LogP contribution in [-0.2, 0) is 19.4 Å². The Labute approximate surface area is 218 Å². The Morgan fingerprint density at radius 2 is 1.58 bits per heavy atom. The number of amides is 1. The molecule has 0 saturated carbocycles. The Morgan fingerprint density at radius 3 is 2.18 bits per heavy atom. The largest absolute Gasteiger partial charge is 0.465 e. The van der Waals surface area contributed by atoms with E-state index in [1.54, 1.807) is 60.7 Å². The highest BCUT2D eigenvalue weighted by Crippen LogP contribution is 2.29. The topological polar surface area (TPSA) is 134 Å².